The van der Waals surface area contributed by atoms with Gasteiger partial charge in [0.25, 0.3) is 0 Å². The normalized spacial score (nSPS) is 10.1. The molecule has 90 valence electrons. The van der Waals surface area contributed by atoms with Gasteiger partial charge in [-0.2, -0.15) is 0 Å². The Morgan fingerprint density at radius 3 is 1.89 bits per heavy atom. The van der Waals surface area contributed by atoms with Crippen LogP contribution in [-0.4, -0.2) is 12.1 Å². The summed E-state index contributed by atoms with van der Waals surface area (Å²) >= 11 is 0. The highest BCUT2D eigenvalue weighted by Gasteiger charge is 2.01. The van der Waals surface area contributed by atoms with Crippen LogP contribution in [0.4, 0.5) is 0 Å². The van der Waals surface area contributed by atoms with Crippen LogP contribution in [0.1, 0.15) is 22.8 Å². The van der Waals surface area contributed by atoms with Crippen LogP contribution in [0.15, 0.2) is 48.5 Å². The van der Waals surface area contributed by atoms with E-state index in [4.69, 9.17) is 0 Å². The zero-order valence-electron chi connectivity index (χ0n) is 10.2. The minimum absolute atomic E-state index is 0.0721. The highest BCUT2D eigenvalue weighted by molar-refractivity contribution is 5.94. The molecule has 0 spiro atoms. The fourth-order valence-electron chi connectivity index (χ4n) is 1.83. The van der Waals surface area contributed by atoms with E-state index in [1.807, 2.05) is 48.5 Å². The number of Topliss-reactive ketones (excluding diaryl/α,β-unsaturated/α-hetero) is 1. The number of aldehydes is 1. The van der Waals surface area contributed by atoms with Crippen LogP contribution in [0.2, 0.25) is 0 Å². The van der Waals surface area contributed by atoms with Gasteiger partial charge in [0.15, 0.2) is 5.78 Å². The molecule has 2 heteroatoms. The Labute approximate surface area is 106 Å². The Bertz CT molecular complexity index is 551. The van der Waals surface area contributed by atoms with Gasteiger partial charge >= 0.3 is 0 Å². The first-order valence-corrected chi connectivity index (χ1v) is 5.84. The molecule has 0 aliphatic carbocycles. The molecule has 0 fully saturated rings. The molecule has 2 nitrogen and oxygen atoms in total. The summed E-state index contributed by atoms with van der Waals surface area (Å²) in [5.41, 5.74) is 3.88. The van der Waals surface area contributed by atoms with Gasteiger partial charge in [0.1, 0.15) is 6.29 Å². The predicted octanol–water partition coefficient (Wildman–Crippen LogP) is 3.30. The van der Waals surface area contributed by atoms with E-state index in [2.05, 4.69) is 0 Å². The maximum atomic E-state index is 11.2. The van der Waals surface area contributed by atoms with Gasteiger partial charge < -0.3 is 4.79 Å². The Morgan fingerprint density at radius 1 is 0.944 bits per heavy atom. The van der Waals surface area contributed by atoms with E-state index in [1.54, 1.807) is 6.92 Å². The Balaban J connectivity index is 2.25. The topological polar surface area (TPSA) is 34.1 Å². The molecule has 0 atom stereocenters. The standard InChI is InChI=1S/C16H14O2/c1-12(18)14-6-8-16(9-7-14)15-4-2-13(3-5-15)10-11-17/h2-9,11H,10H2,1H3. The van der Waals surface area contributed by atoms with Crippen molar-refractivity contribution in [3.63, 3.8) is 0 Å². The molecule has 2 rings (SSSR count). The number of hydrogen-bond acceptors (Lipinski definition) is 2. The van der Waals surface area contributed by atoms with E-state index in [0.29, 0.717) is 6.42 Å². The van der Waals surface area contributed by atoms with Gasteiger partial charge in [-0.25, -0.2) is 0 Å². The quantitative estimate of drug-likeness (QED) is 0.605. The summed E-state index contributed by atoms with van der Waals surface area (Å²) < 4.78 is 0. The van der Waals surface area contributed by atoms with Gasteiger partial charge in [0, 0.05) is 12.0 Å². The van der Waals surface area contributed by atoms with Gasteiger partial charge in [-0.3, -0.25) is 4.79 Å². The molecule has 2 aromatic carbocycles. The Morgan fingerprint density at radius 2 is 1.44 bits per heavy atom. The molecule has 0 N–H and O–H groups in total. The molecule has 0 aliphatic rings. The lowest BCUT2D eigenvalue weighted by molar-refractivity contribution is -0.107. The van der Waals surface area contributed by atoms with Crippen molar-refractivity contribution in [1.29, 1.82) is 0 Å². The van der Waals surface area contributed by atoms with E-state index in [1.165, 1.54) is 0 Å². The fraction of sp³-hybridized carbons (Fsp3) is 0.125. The summed E-state index contributed by atoms with van der Waals surface area (Å²) in [6.45, 7) is 1.56. The van der Waals surface area contributed by atoms with Crippen LogP contribution < -0.4 is 0 Å². The molecule has 0 radical (unpaired) electrons. The number of rotatable bonds is 4. The van der Waals surface area contributed by atoms with E-state index in [9.17, 15) is 9.59 Å². The number of carbonyl (C=O) groups excluding carboxylic acids is 2. The van der Waals surface area contributed by atoms with Gasteiger partial charge in [-0.1, -0.05) is 48.5 Å². The lowest BCUT2D eigenvalue weighted by Crippen LogP contribution is -1.91. The van der Waals surface area contributed by atoms with Gasteiger partial charge in [-0.05, 0) is 23.6 Å². The molecule has 18 heavy (non-hydrogen) atoms. The second-order valence-electron chi connectivity index (χ2n) is 4.20. The molecule has 0 amide bonds. The third kappa shape index (κ3) is 2.72. The second-order valence-corrected chi connectivity index (χ2v) is 4.20. The summed E-state index contributed by atoms with van der Waals surface area (Å²) in [7, 11) is 0. The average Bonchev–Trinajstić information content (AvgIpc) is 2.40. The average molecular weight is 238 g/mol. The van der Waals surface area contributed by atoms with Gasteiger partial charge in [0.05, 0.1) is 0 Å². The highest BCUT2D eigenvalue weighted by atomic mass is 16.1. The maximum Gasteiger partial charge on any atom is 0.159 e. The number of ketones is 1. The summed E-state index contributed by atoms with van der Waals surface area (Å²) in [4.78, 5) is 21.6. The molecular weight excluding hydrogens is 224 g/mol. The molecule has 0 saturated heterocycles. The van der Waals surface area contributed by atoms with Crippen molar-refractivity contribution < 1.29 is 9.59 Å². The second kappa shape index (κ2) is 5.41. The zero-order valence-corrected chi connectivity index (χ0v) is 10.2. The molecule has 0 heterocycles. The van der Waals surface area contributed by atoms with Crippen molar-refractivity contribution in [3.05, 3.63) is 59.7 Å². The van der Waals surface area contributed by atoms with Crippen molar-refractivity contribution in [3.8, 4) is 11.1 Å². The van der Waals surface area contributed by atoms with Crippen LogP contribution in [0.5, 0.6) is 0 Å². The minimum Gasteiger partial charge on any atom is -0.303 e. The first-order valence-electron chi connectivity index (χ1n) is 5.84. The molecule has 0 unspecified atom stereocenters. The van der Waals surface area contributed by atoms with E-state index >= 15 is 0 Å². The van der Waals surface area contributed by atoms with E-state index in [0.717, 1.165) is 28.5 Å². The lowest BCUT2D eigenvalue weighted by Gasteiger charge is -2.04. The largest absolute Gasteiger partial charge is 0.303 e. The first kappa shape index (κ1) is 12.2. The highest BCUT2D eigenvalue weighted by Crippen LogP contribution is 2.20. The zero-order chi connectivity index (χ0) is 13.0. The Hall–Kier alpha value is -2.22. The number of benzene rings is 2. The maximum absolute atomic E-state index is 11.2. The van der Waals surface area contributed by atoms with Crippen molar-refractivity contribution in [2.45, 2.75) is 13.3 Å². The number of carbonyl (C=O) groups is 2. The molecular formula is C16H14O2. The smallest absolute Gasteiger partial charge is 0.159 e. The van der Waals surface area contributed by atoms with Crippen molar-refractivity contribution in [2.75, 3.05) is 0 Å². The lowest BCUT2D eigenvalue weighted by atomic mass is 10.0. The van der Waals surface area contributed by atoms with Crippen LogP contribution in [0.25, 0.3) is 11.1 Å². The molecule has 0 saturated carbocycles. The molecule has 0 bridgehead atoms. The van der Waals surface area contributed by atoms with Gasteiger partial charge in [0.2, 0.25) is 0 Å². The number of hydrogen-bond donors (Lipinski definition) is 0. The van der Waals surface area contributed by atoms with Crippen LogP contribution in [0, 0.1) is 0 Å². The van der Waals surface area contributed by atoms with Crippen molar-refractivity contribution in [2.24, 2.45) is 0 Å². The summed E-state index contributed by atoms with van der Waals surface area (Å²) in [6.07, 6.45) is 1.35. The van der Waals surface area contributed by atoms with Crippen LogP contribution >= 0.6 is 0 Å². The SMILES string of the molecule is CC(=O)c1ccc(-c2ccc(CC=O)cc2)cc1. The monoisotopic (exact) mass is 238 g/mol. The van der Waals surface area contributed by atoms with E-state index in [-0.39, 0.29) is 5.78 Å². The summed E-state index contributed by atoms with van der Waals surface area (Å²) in [5.74, 6) is 0.0721. The van der Waals surface area contributed by atoms with Crippen LogP contribution in [-0.2, 0) is 11.2 Å². The third-order valence-corrected chi connectivity index (χ3v) is 2.90. The molecule has 0 aliphatic heterocycles. The molecule has 2 aromatic rings. The Kier molecular flexibility index (Phi) is 3.68. The minimum atomic E-state index is 0.0721. The fourth-order valence-corrected chi connectivity index (χ4v) is 1.83. The van der Waals surface area contributed by atoms with E-state index < -0.39 is 0 Å². The summed E-state index contributed by atoms with van der Waals surface area (Å²) in [6, 6.07) is 15.4. The van der Waals surface area contributed by atoms with Crippen molar-refractivity contribution in [1.82, 2.24) is 0 Å². The molecule has 0 aromatic heterocycles. The van der Waals surface area contributed by atoms with Crippen LogP contribution in [0.3, 0.4) is 0 Å². The first-order chi connectivity index (χ1) is 8.70. The summed E-state index contributed by atoms with van der Waals surface area (Å²) in [5, 5.41) is 0. The third-order valence-electron chi connectivity index (χ3n) is 2.90. The predicted molar refractivity (Wildman–Crippen MR) is 71.7 cm³/mol. The van der Waals surface area contributed by atoms with Gasteiger partial charge in [-0.15, -0.1) is 0 Å². The van der Waals surface area contributed by atoms with Crippen molar-refractivity contribution >= 4 is 12.1 Å².